The molecule has 0 atom stereocenters. The molecule has 3 aromatic rings. The Morgan fingerprint density at radius 2 is 2.04 bits per heavy atom. The van der Waals surface area contributed by atoms with Crippen molar-refractivity contribution in [3.63, 3.8) is 0 Å². The lowest BCUT2D eigenvalue weighted by Crippen LogP contribution is -2.37. The first-order valence-corrected chi connectivity index (χ1v) is 8.96. The van der Waals surface area contributed by atoms with Crippen LogP contribution in [0.2, 0.25) is 0 Å². The molecule has 3 rings (SSSR count). The van der Waals surface area contributed by atoms with Gasteiger partial charge in [-0.05, 0) is 43.7 Å². The zero-order valence-electron chi connectivity index (χ0n) is 15.9. The molecule has 0 bridgehead atoms. The van der Waals surface area contributed by atoms with E-state index in [0.29, 0.717) is 31.2 Å². The summed E-state index contributed by atoms with van der Waals surface area (Å²) in [5.74, 6) is 6.21. The number of fused-ring (bicyclic) bond motifs is 1. The highest BCUT2D eigenvalue weighted by atomic mass is 16.5. The van der Waals surface area contributed by atoms with Gasteiger partial charge in [0.25, 0.3) is 0 Å². The molecule has 144 valence electrons. The Bertz CT molecular complexity index is 994. The topological polar surface area (TPSA) is 84.6 Å². The maximum absolute atomic E-state index is 11.2. The lowest BCUT2D eigenvalue weighted by atomic mass is 10.1. The van der Waals surface area contributed by atoms with Crippen molar-refractivity contribution >= 4 is 17.1 Å². The highest BCUT2D eigenvalue weighted by Gasteiger charge is 2.29. The second-order valence-electron chi connectivity index (χ2n) is 6.77. The standard InChI is InChI=1S/C22H22N2O4/c1-22(2,21(25)26)28-17-9-7-8-16(14-17)15-23-13-6-5-12-20-24-18-10-3-4-11-19(18)27-20/h3-4,7-11,14,23H,12-13,15H2,1-2H3,(H,25,26). The van der Waals surface area contributed by atoms with Crippen LogP contribution >= 0.6 is 0 Å². The van der Waals surface area contributed by atoms with Gasteiger partial charge in [0, 0.05) is 6.54 Å². The number of hydrogen-bond donors (Lipinski definition) is 2. The van der Waals surface area contributed by atoms with Gasteiger partial charge < -0.3 is 19.6 Å². The largest absolute Gasteiger partial charge is 0.478 e. The molecule has 0 aliphatic rings. The fourth-order valence-corrected chi connectivity index (χ4v) is 2.52. The molecular weight excluding hydrogens is 356 g/mol. The fourth-order valence-electron chi connectivity index (χ4n) is 2.52. The number of nitrogens with one attached hydrogen (secondary N) is 1. The van der Waals surface area contributed by atoms with Crippen molar-refractivity contribution in [1.82, 2.24) is 10.3 Å². The molecule has 1 heterocycles. The van der Waals surface area contributed by atoms with Crippen LogP contribution in [0.15, 0.2) is 52.9 Å². The molecule has 6 nitrogen and oxygen atoms in total. The summed E-state index contributed by atoms with van der Waals surface area (Å²) < 4.78 is 11.2. The van der Waals surface area contributed by atoms with Gasteiger partial charge in [-0.25, -0.2) is 9.78 Å². The molecule has 0 saturated carbocycles. The number of carboxylic acids is 1. The van der Waals surface area contributed by atoms with Crippen molar-refractivity contribution in [2.24, 2.45) is 0 Å². The number of ether oxygens (including phenoxy) is 1. The van der Waals surface area contributed by atoms with Crippen molar-refractivity contribution in [3.8, 4) is 17.6 Å². The Hall–Kier alpha value is -3.30. The summed E-state index contributed by atoms with van der Waals surface area (Å²) in [7, 11) is 0. The number of rotatable bonds is 7. The minimum atomic E-state index is -1.28. The number of carboxylic acid groups (broad SMARTS) is 1. The molecular formula is C22H22N2O4. The van der Waals surface area contributed by atoms with Gasteiger partial charge in [-0.15, -0.1) is 0 Å². The van der Waals surface area contributed by atoms with Crippen molar-refractivity contribution < 1.29 is 19.1 Å². The van der Waals surface area contributed by atoms with Gasteiger partial charge in [0.15, 0.2) is 11.2 Å². The fraction of sp³-hybridized carbons (Fsp3) is 0.273. The van der Waals surface area contributed by atoms with Crippen LogP contribution in [-0.2, 0) is 17.8 Å². The first-order chi connectivity index (χ1) is 13.4. The SMILES string of the molecule is CC(C)(Oc1cccc(CNCC#CCc2nc3ccccc3o2)c1)C(=O)O. The lowest BCUT2D eigenvalue weighted by molar-refractivity contribution is -0.152. The molecule has 0 saturated heterocycles. The molecule has 1 aromatic heterocycles. The summed E-state index contributed by atoms with van der Waals surface area (Å²) in [6.45, 7) is 4.16. The van der Waals surface area contributed by atoms with E-state index in [1.165, 1.54) is 13.8 Å². The van der Waals surface area contributed by atoms with Gasteiger partial charge in [0.05, 0.1) is 13.0 Å². The van der Waals surface area contributed by atoms with E-state index in [1.54, 1.807) is 6.07 Å². The van der Waals surface area contributed by atoms with Gasteiger partial charge in [-0.3, -0.25) is 0 Å². The molecule has 0 spiro atoms. The summed E-state index contributed by atoms with van der Waals surface area (Å²) in [6, 6.07) is 15.0. The van der Waals surface area contributed by atoms with Crippen molar-refractivity contribution in [2.45, 2.75) is 32.4 Å². The summed E-state index contributed by atoms with van der Waals surface area (Å²) in [6.07, 6.45) is 0.462. The third kappa shape index (κ3) is 5.12. The van der Waals surface area contributed by atoms with E-state index < -0.39 is 11.6 Å². The van der Waals surface area contributed by atoms with Gasteiger partial charge >= 0.3 is 5.97 Å². The highest BCUT2D eigenvalue weighted by Crippen LogP contribution is 2.20. The molecule has 0 aliphatic carbocycles. The second-order valence-corrected chi connectivity index (χ2v) is 6.77. The highest BCUT2D eigenvalue weighted by molar-refractivity contribution is 5.76. The normalized spacial score (nSPS) is 11.1. The molecule has 28 heavy (non-hydrogen) atoms. The van der Waals surface area contributed by atoms with Crippen LogP contribution in [0.5, 0.6) is 5.75 Å². The molecule has 0 aliphatic heterocycles. The molecule has 0 unspecified atom stereocenters. The number of oxazole rings is 1. The third-order valence-corrected chi connectivity index (χ3v) is 4.03. The minimum absolute atomic E-state index is 0.462. The van der Waals surface area contributed by atoms with E-state index in [2.05, 4.69) is 22.1 Å². The number of carbonyl (C=O) groups is 1. The zero-order valence-corrected chi connectivity index (χ0v) is 15.9. The Balaban J connectivity index is 1.47. The molecule has 2 N–H and O–H groups in total. The number of benzene rings is 2. The Kier molecular flexibility index (Phi) is 5.97. The van der Waals surface area contributed by atoms with Crippen LogP contribution < -0.4 is 10.1 Å². The zero-order chi connectivity index (χ0) is 20.0. The molecule has 6 heteroatoms. The number of aliphatic carboxylic acids is 1. The van der Waals surface area contributed by atoms with E-state index in [4.69, 9.17) is 14.3 Å². The van der Waals surface area contributed by atoms with Crippen LogP contribution in [0.4, 0.5) is 0 Å². The van der Waals surface area contributed by atoms with Crippen molar-refractivity contribution in [1.29, 1.82) is 0 Å². The van der Waals surface area contributed by atoms with Gasteiger partial charge in [-0.2, -0.15) is 0 Å². The van der Waals surface area contributed by atoms with Crippen molar-refractivity contribution in [3.05, 3.63) is 60.0 Å². The average Bonchev–Trinajstić information content (AvgIpc) is 3.07. The average molecular weight is 378 g/mol. The predicted molar refractivity (Wildman–Crippen MR) is 106 cm³/mol. The van der Waals surface area contributed by atoms with E-state index in [-0.39, 0.29) is 0 Å². The minimum Gasteiger partial charge on any atom is -0.478 e. The van der Waals surface area contributed by atoms with Crippen LogP contribution in [0.25, 0.3) is 11.1 Å². The molecule has 2 aromatic carbocycles. The van der Waals surface area contributed by atoms with E-state index >= 15 is 0 Å². The van der Waals surface area contributed by atoms with Crippen LogP contribution in [0.1, 0.15) is 25.3 Å². The number of nitrogens with zero attached hydrogens (tertiary/aromatic N) is 1. The summed E-state index contributed by atoms with van der Waals surface area (Å²) >= 11 is 0. The maximum atomic E-state index is 11.2. The molecule has 0 amide bonds. The summed E-state index contributed by atoms with van der Waals surface area (Å²) in [5.41, 5.74) is 1.32. The number of hydrogen-bond acceptors (Lipinski definition) is 5. The molecule has 0 radical (unpaired) electrons. The smallest absolute Gasteiger partial charge is 0.347 e. The molecule has 0 fully saturated rings. The van der Waals surface area contributed by atoms with Gasteiger partial charge in [0.2, 0.25) is 5.89 Å². The first-order valence-electron chi connectivity index (χ1n) is 8.96. The summed E-state index contributed by atoms with van der Waals surface area (Å²) in [4.78, 5) is 15.6. The van der Waals surface area contributed by atoms with E-state index in [9.17, 15) is 4.79 Å². The van der Waals surface area contributed by atoms with E-state index in [1.807, 2.05) is 42.5 Å². The van der Waals surface area contributed by atoms with Crippen LogP contribution in [-0.4, -0.2) is 28.2 Å². The van der Waals surface area contributed by atoms with Crippen molar-refractivity contribution in [2.75, 3.05) is 6.54 Å². The predicted octanol–water partition coefficient (Wildman–Crippen LogP) is 3.41. The number of para-hydroxylation sites is 2. The van der Waals surface area contributed by atoms with Gasteiger partial charge in [0.1, 0.15) is 11.3 Å². The Morgan fingerprint density at radius 3 is 2.82 bits per heavy atom. The first kappa shape index (κ1) is 19.5. The van der Waals surface area contributed by atoms with Crippen LogP contribution in [0, 0.1) is 11.8 Å². The third-order valence-electron chi connectivity index (χ3n) is 4.03. The second kappa shape index (κ2) is 8.59. The number of aromatic nitrogens is 1. The van der Waals surface area contributed by atoms with Crippen LogP contribution in [0.3, 0.4) is 0 Å². The maximum Gasteiger partial charge on any atom is 0.347 e. The van der Waals surface area contributed by atoms with E-state index in [0.717, 1.165) is 16.7 Å². The lowest BCUT2D eigenvalue weighted by Gasteiger charge is -2.21. The monoisotopic (exact) mass is 378 g/mol. The summed E-state index contributed by atoms with van der Waals surface area (Å²) in [5, 5.41) is 12.4. The quantitative estimate of drug-likeness (QED) is 0.484. The van der Waals surface area contributed by atoms with Gasteiger partial charge in [-0.1, -0.05) is 36.1 Å². The Labute approximate surface area is 163 Å². The Morgan fingerprint density at radius 1 is 1.21 bits per heavy atom.